The van der Waals surface area contributed by atoms with Gasteiger partial charge < -0.3 is 4.74 Å². The Labute approximate surface area is 198 Å². The van der Waals surface area contributed by atoms with Crippen molar-refractivity contribution in [1.82, 2.24) is 4.57 Å². The number of allylic oxidation sites excluding steroid dienone is 1. The molecule has 0 spiro atoms. The summed E-state index contributed by atoms with van der Waals surface area (Å²) in [7, 11) is 0. The summed E-state index contributed by atoms with van der Waals surface area (Å²) >= 11 is 13.6. The summed E-state index contributed by atoms with van der Waals surface area (Å²) in [6.07, 6.45) is 1.72. The number of fused-ring (bicyclic) bond motifs is 1. The molecule has 1 aliphatic heterocycles. The molecule has 0 amide bonds. The van der Waals surface area contributed by atoms with Crippen LogP contribution < -0.4 is 14.9 Å². The number of thiazole rings is 1. The van der Waals surface area contributed by atoms with Gasteiger partial charge in [-0.1, -0.05) is 70.4 Å². The predicted molar refractivity (Wildman–Crippen MR) is 128 cm³/mol. The van der Waals surface area contributed by atoms with Gasteiger partial charge in [-0.25, -0.2) is 9.79 Å². The summed E-state index contributed by atoms with van der Waals surface area (Å²) in [6.45, 7) is 5.73. The first-order chi connectivity index (χ1) is 15.3. The van der Waals surface area contributed by atoms with Crippen LogP contribution in [0.2, 0.25) is 10.0 Å². The van der Waals surface area contributed by atoms with Crippen LogP contribution in [0.25, 0.3) is 6.08 Å². The lowest BCUT2D eigenvalue weighted by atomic mass is 9.95. The molecule has 0 bridgehead atoms. The first-order valence-electron chi connectivity index (χ1n) is 10.0. The highest BCUT2D eigenvalue weighted by molar-refractivity contribution is 7.07. The van der Waals surface area contributed by atoms with Gasteiger partial charge in [0.25, 0.3) is 5.56 Å². The van der Waals surface area contributed by atoms with Crippen molar-refractivity contribution in [1.29, 1.82) is 0 Å². The number of carbonyl (C=O) groups excluding carboxylic acids is 1. The van der Waals surface area contributed by atoms with Gasteiger partial charge in [-0.3, -0.25) is 9.36 Å². The standard InChI is InChI=1S/C24H20Cl2N2O3S/c1-4-31-23(30)20-14(3)27-24-28(21(20)15-7-5-13(2)6-8-15)22(29)19(32-24)11-16-9-10-17(25)12-18(16)26/h5-12,21H,4H2,1-3H3/b19-11-. The second kappa shape index (κ2) is 9.06. The zero-order valence-corrected chi connectivity index (χ0v) is 20.0. The first kappa shape index (κ1) is 22.5. The highest BCUT2D eigenvalue weighted by Crippen LogP contribution is 2.31. The molecule has 4 rings (SSSR count). The minimum Gasteiger partial charge on any atom is -0.463 e. The normalized spacial score (nSPS) is 16.0. The molecule has 0 aliphatic carbocycles. The molecule has 1 aromatic heterocycles. The fraction of sp³-hybridized carbons (Fsp3) is 0.208. The van der Waals surface area contributed by atoms with Crippen molar-refractivity contribution >= 4 is 46.6 Å². The molecular formula is C24H20Cl2N2O3S. The maximum atomic E-state index is 13.5. The molecule has 164 valence electrons. The van der Waals surface area contributed by atoms with Gasteiger partial charge in [0.2, 0.25) is 0 Å². The third kappa shape index (κ3) is 4.18. The minimum absolute atomic E-state index is 0.232. The smallest absolute Gasteiger partial charge is 0.338 e. The summed E-state index contributed by atoms with van der Waals surface area (Å²) in [5.41, 5.74) is 3.21. The Hall–Kier alpha value is -2.67. The van der Waals surface area contributed by atoms with Crippen LogP contribution >= 0.6 is 34.5 Å². The lowest BCUT2D eigenvalue weighted by molar-refractivity contribution is -0.139. The van der Waals surface area contributed by atoms with Crippen molar-refractivity contribution < 1.29 is 9.53 Å². The average molecular weight is 487 g/mol. The molecule has 1 unspecified atom stereocenters. The number of rotatable bonds is 4. The molecule has 1 aliphatic rings. The third-order valence-corrected chi connectivity index (χ3v) is 6.70. The van der Waals surface area contributed by atoms with Gasteiger partial charge >= 0.3 is 5.97 Å². The molecule has 2 aromatic carbocycles. The maximum Gasteiger partial charge on any atom is 0.338 e. The average Bonchev–Trinajstić information content (AvgIpc) is 3.04. The molecule has 0 fully saturated rings. The van der Waals surface area contributed by atoms with E-state index in [9.17, 15) is 9.59 Å². The molecule has 2 heterocycles. The van der Waals surface area contributed by atoms with Crippen molar-refractivity contribution in [2.45, 2.75) is 26.8 Å². The molecule has 0 saturated carbocycles. The molecular weight excluding hydrogens is 467 g/mol. The Morgan fingerprint density at radius 2 is 1.91 bits per heavy atom. The number of nitrogens with zero attached hydrogens (tertiary/aromatic N) is 2. The van der Waals surface area contributed by atoms with Gasteiger partial charge in [-0.2, -0.15) is 0 Å². The number of ether oxygens (including phenoxy) is 1. The topological polar surface area (TPSA) is 60.7 Å². The van der Waals surface area contributed by atoms with E-state index in [4.69, 9.17) is 27.9 Å². The molecule has 8 heteroatoms. The Kier molecular flexibility index (Phi) is 6.38. The van der Waals surface area contributed by atoms with Crippen molar-refractivity contribution in [3.8, 4) is 0 Å². The summed E-state index contributed by atoms with van der Waals surface area (Å²) in [5, 5.41) is 0.962. The monoisotopic (exact) mass is 486 g/mol. The number of hydrogen-bond acceptors (Lipinski definition) is 5. The van der Waals surface area contributed by atoms with Crippen LogP contribution in [-0.2, 0) is 9.53 Å². The largest absolute Gasteiger partial charge is 0.463 e. The Balaban J connectivity index is 1.96. The van der Waals surface area contributed by atoms with E-state index in [1.807, 2.05) is 31.2 Å². The summed E-state index contributed by atoms with van der Waals surface area (Å²) in [6, 6.07) is 12.2. The maximum absolute atomic E-state index is 13.5. The van der Waals surface area contributed by atoms with Crippen molar-refractivity contribution in [3.05, 3.63) is 100 Å². The first-order valence-corrected chi connectivity index (χ1v) is 11.6. The van der Waals surface area contributed by atoms with Gasteiger partial charge in [0.15, 0.2) is 4.80 Å². The lowest BCUT2D eigenvalue weighted by Gasteiger charge is -2.24. The molecule has 0 N–H and O–H groups in total. The predicted octanol–water partition coefficient (Wildman–Crippen LogP) is 4.41. The number of benzene rings is 2. The summed E-state index contributed by atoms with van der Waals surface area (Å²) < 4.78 is 7.33. The van der Waals surface area contributed by atoms with Gasteiger partial charge in [0.05, 0.1) is 28.5 Å². The molecule has 0 radical (unpaired) electrons. The van der Waals surface area contributed by atoms with E-state index in [2.05, 4.69) is 4.99 Å². The Bertz CT molecular complexity index is 1420. The summed E-state index contributed by atoms with van der Waals surface area (Å²) in [5.74, 6) is -0.477. The number of esters is 1. The van der Waals surface area contributed by atoms with E-state index in [0.29, 0.717) is 36.2 Å². The number of aromatic nitrogens is 1. The van der Waals surface area contributed by atoms with E-state index in [1.165, 1.54) is 11.3 Å². The minimum atomic E-state index is -0.631. The number of carbonyl (C=O) groups is 1. The second-order valence-corrected chi connectivity index (χ2v) is 9.23. The van der Waals surface area contributed by atoms with Gasteiger partial charge in [0.1, 0.15) is 0 Å². The van der Waals surface area contributed by atoms with Gasteiger partial charge in [-0.05, 0) is 50.1 Å². The van der Waals surface area contributed by atoms with Crippen LogP contribution in [0.4, 0.5) is 0 Å². The molecule has 0 saturated heterocycles. The number of hydrogen-bond donors (Lipinski definition) is 0. The van der Waals surface area contributed by atoms with Crippen molar-refractivity contribution in [2.24, 2.45) is 4.99 Å². The fourth-order valence-electron chi connectivity index (χ4n) is 3.62. The van der Waals surface area contributed by atoms with E-state index in [0.717, 1.165) is 11.1 Å². The summed E-state index contributed by atoms with van der Waals surface area (Å²) in [4.78, 5) is 31.5. The zero-order chi connectivity index (χ0) is 23.0. The molecule has 3 aromatic rings. The van der Waals surface area contributed by atoms with Crippen LogP contribution in [0.3, 0.4) is 0 Å². The Morgan fingerprint density at radius 3 is 2.56 bits per heavy atom. The highest BCUT2D eigenvalue weighted by atomic mass is 35.5. The van der Waals surface area contributed by atoms with Crippen molar-refractivity contribution in [3.63, 3.8) is 0 Å². The van der Waals surface area contributed by atoms with E-state index < -0.39 is 12.0 Å². The van der Waals surface area contributed by atoms with Crippen LogP contribution in [-0.4, -0.2) is 17.1 Å². The SMILES string of the molecule is CCOC(=O)C1=C(C)N=c2s/c(=C\c3ccc(Cl)cc3Cl)c(=O)n2C1c1ccc(C)cc1. The number of aryl methyl sites for hydroxylation is 1. The number of halogens is 2. The molecule has 32 heavy (non-hydrogen) atoms. The van der Waals surface area contributed by atoms with E-state index in [1.54, 1.807) is 42.7 Å². The highest BCUT2D eigenvalue weighted by Gasteiger charge is 2.33. The Morgan fingerprint density at radius 1 is 1.19 bits per heavy atom. The zero-order valence-electron chi connectivity index (χ0n) is 17.7. The lowest BCUT2D eigenvalue weighted by Crippen LogP contribution is -2.39. The van der Waals surface area contributed by atoms with E-state index >= 15 is 0 Å². The van der Waals surface area contributed by atoms with Gasteiger partial charge in [-0.15, -0.1) is 0 Å². The van der Waals surface area contributed by atoms with Crippen molar-refractivity contribution in [2.75, 3.05) is 6.61 Å². The fourth-order valence-corrected chi connectivity index (χ4v) is 5.12. The third-order valence-electron chi connectivity index (χ3n) is 5.16. The van der Waals surface area contributed by atoms with Crippen LogP contribution in [0.5, 0.6) is 0 Å². The van der Waals surface area contributed by atoms with Gasteiger partial charge in [0, 0.05) is 10.0 Å². The molecule has 5 nitrogen and oxygen atoms in total. The van der Waals surface area contributed by atoms with Crippen LogP contribution in [0, 0.1) is 6.92 Å². The quantitative estimate of drug-likeness (QED) is 0.513. The second-order valence-electron chi connectivity index (χ2n) is 7.38. The molecule has 1 atom stereocenters. The van der Waals surface area contributed by atoms with Crippen LogP contribution in [0.1, 0.15) is 36.6 Å². The van der Waals surface area contributed by atoms with Crippen LogP contribution in [0.15, 0.2) is 63.5 Å². The van der Waals surface area contributed by atoms with E-state index in [-0.39, 0.29) is 12.2 Å².